The van der Waals surface area contributed by atoms with E-state index in [0.29, 0.717) is 18.6 Å². The molecule has 24 nitrogen and oxygen atoms in total. The number of imidazole rings is 1. The molecule has 0 aliphatic carbocycles. The van der Waals surface area contributed by atoms with Gasteiger partial charge in [0.2, 0.25) is 11.8 Å². The molecule has 0 spiro atoms. The topological polar surface area (TPSA) is 364 Å². The molecule has 1 aromatic carbocycles. The Labute approximate surface area is 363 Å². The van der Waals surface area contributed by atoms with Gasteiger partial charge < -0.3 is 50.9 Å². The summed E-state index contributed by atoms with van der Waals surface area (Å²) in [5.74, 6) is -1.11. The van der Waals surface area contributed by atoms with Gasteiger partial charge in [0, 0.05) is 66.7 Å². The Morgan fingerprint density at radius 1 is 1.00 bits per heavy atom. The zero-order valence-electron chi connectivity index (χ0n) is 31.9. The molecule has 3 heterocycles. The fourth-order valence-corrected chi connectivity index (χ4v) is 8.77. The first-order valence-corrected chi connectivity index (χ1v) is 22.7. The van der Waals surface area contributed by atoms with Gasteiger partial charge in [0.05, 0.1) is 19.5 Å². The van der Waals surface area contributed by atoms with Crippen LogP contribution in [0.2, 0.25) is 0 Å². The van der Waals surface area contributed by atoms with Crippen molar-refractivity contribution < 1.29 is 80.5 Å². The molecule has 1 fully saturated rings. The number of hydrogen-bond donors (Lipinski definition) is 9. The van der Waals surface area contributed by atoms with Gasteiger partial charge in [-0.3, -0.25) is 32.5 Å². The van der Waals surface area contributed by atoms with Crippen LogP contribution in [0.1, 0.15) is 38.5 Å². The van der Waals surface area contributed by atoms with E-state index < -0.39 is 84.6 Å². The van der Waals surface area contributed by atoms with Crippen LogP contribution in [0.4, 0.5) is 5.82 Å². The summed E-state index contributed by atoms with van der Waals surface area (Å²) in [6, 6.07) is 9.52. The molecule has 59 heavy (non-hydrogen) atoms. The summed E-state index contributed by atoms with van der Waals surface area (Å²) in [6.07, 6.45) is -5.96. The molecule has 29 heteroatoms. The number of thioether (sulfide) groups is 1. The van der Waals surface area contributed by atoms with E-state index in [0.717, 1.165) is 34.5 Å². The van der Waals surface area contributed by atoms with E-state index in [-0.39, 0.29) is 71.2 Å². The molecule has 1 aliphatic heterocycles. The summed E-state index contributed by atoms with van der Waals surface area (Å²) in [5, 5.41) is 26.4. The van der Waals surface area contributed by atoms with Crippen molar-refractivity contribution in [1.29, 1.82) is 0 Å². The standard InChI is InChI=1S/C30H44N7O17P3S.Na/c1-30(2,25(41)28(42)33-11-10-20(38)32-12-13-58-21(39)9-8-18-6-4-3-5-7-18)15-51-57(48,49)54-56(46,47)50-14-19-24(53-55(43,44)45)23(40)29(52-19)37-17-36-22-26(31)34-16-35-27(22)37;/h3-7,16-17,19,23-25,29,40-41H,8-15H2,1-2H3,(H,32,38)(H,33,42)(H,46,47)(H,48,49)(H2,31,34,35)(H2,43,44,45);/t19-,23-,24-,25+,29-;/m1./s1. The van der Waals surface area contributed by atoms with E-state index >= 15 is 0 Å². The van der Waals surface area contributed by atoms with Gasteiger partial charge in [-0.15, -0.1) is 0 Å². The van der Waals surface area contributed by atoms with Crippen molar-refractivity contribution in [2.75, 3.05) is 37.8 Å². The molecule has 323 valence electrons. The van der Waals surface area contributed by atoms with Crippen molar-refractivity contribution in [3.05, 3.63) is 48.5 Å². The minimum Gasteiger partial charge on any atom is -0.386 e. The molecule has 0 saturated carbocycles. The zero-order valence-corrected chi connectivity index (χ0v) is 37.4. The first kappa shape index (κ1) is 51.1. The average molecular weight is 923 g/mol. The minimum absolute atomic E-state index is 0. The van der Waals surface area contributed by atoms with Crippen molar-refractivity contribution in [1.82, 2.24) is 30.2 Å². The number of aryl methyl sites for hydroxylation is 1. The number of hydrogen-bond acceptors (Lipinski definition) is 18. The third-order valence-electron chi connectivity index (χ3n) is 8.23. The molecule has 2 amide bonds. The zero-order chi connectivity index (χ0) is 42.9. The molecule has 0 bridgehead atoms. The number of nitrogens with two attached hydrogens (primary N) is 1. The number of aliphatic hydroxyl groups is 2. The maximum absolute atomic E-state index is 12.7. The Bertz CT molecular complexity index is 2050. The maximum atomic E-state index is 12.7. The predicted molar refractivity (Wildman–Crippen MR) is 208 cm³/mol. The molecule has 1 saturated heterocycles. The summed E-state index contributed by atoms with van der Waals surface area (Å²) in [4.78, 5) is 87.8. The Kier molecular flexibility index (Phi) is 19.3. The maximum Gasteiger partial charge on any atom is 0.481 e. The smallest absolute Gasteiger partial charge is 0.386 e. The largest absolute Gasteiger partial charge is 0.481 e. The Hall–Kier alpha value is -2.22. The summed E-state index contributed by atoms with van der Waals surface area (Å²) >= 11 is 1.09. The fraction of sp³-hybridized carbons (Fsp3) is 0.533. The van der Waals surface area contributed by atoms with Crippen LogP contribution < -0.4 is 16.4 Å². The third kappa shape index (κ3) is 15.9. The molecule has 2 unspecified atom stereocenters. The summed E-state index contributed by atoms with van der Waals surface area (Å²) in [5.41, 5.74) is 5.30. The number of rotatable bonds is 22. The van der Waals surface area contributed by atoms with Gasteiger partial charge in [-0.05, 0) is 12.0 Å². The van der Waals surface area contributed by atoms with Gasteiger partial charge in [0.25, 0.3) is 0 Å². The SMILES string of the molecule is CC(C)(COP(=O)(O)OP(=O)(O)OC[C@H]1O[C@@H](n2cnc3c(N)ncnc32)[C@H](O)[C@@H]1OP(=O)(O)O)[C@@H](O)C(=O)NCCC(=O)NCCSC(=O)CCc1ccccc1.[Na]. The summed E-state index contributed by atoms with van der Waals surface area (Å²) < 4.78 is 62.2. The predicted octanol–water partition coefficient (Wildman–Crippen LogP) is -0.0833. The fourth-order valence-electron chi connectivity index (χ4n) is 5.26. The van der Waals surface area contributed by atoms with Gasteiger partial charge in [0.15, 0.2) is 22.8 Å². The first-order chi connectivity index (χ1) is 27.1. The number of nitrogens with one attached hydrogen (secondary N) is 2. The number of nitrogen functional groups attached to an aromatic ring is 1. The van der Waals surface area contributed by atoms with Crippen LogP contribution in [0.3, 0.4) is 0 Å². The minimum atomic E-state index is -5.57. The molecule has 7 atom stereocenters. The third-order valence-corrected chi connectivity index (χ3v) is 12.3. The number of nitrogens with zero attached hydrogens (tertiary/aromatic N) is 4. The number of benzene rings is 1. The number of anilines is 1. The Morgan fingerprint density at radius 3 is 2.36 bits per heavy atom. The van der Waals surface area contributed by atoms with E-state index in [9.17, 15) is 57.9 Å². The van der Waals surface area contributed by atoms with Crippen LogP contribution >= 0.6 is 35.2 Å². The Balaban J connectivity index is 0.00000930. The van der Waals surface area contributed by atoms with Crippen LogP contribution in [0, 0.1) is 5.41 Å². The van der Waals surface area contributed by atoms with Crippen molar-refractivity contribution in [3.8, 4) is 0 Å². The van der Waals surface area contributed by atoms with Crippen molar-refractivity contribution in [3.63, 3.8) is 0 Å². The van der Waals surface area contributed by atoms with E-state index in [1.807, 2.05) is 30.3 Å². The van der Waals surface area contributed by atoms with Gasteiger partial charge in [-0.25, -0.2) is 28.6 Å². The summed E-state index contributed by atoms with van der Waals surface area (Å²) in [6.45, 7) is 0.494. The van der Waals surface area contributed by atoms with Gasteiger partial charge in [-0.2, -0.15) is 4.31 Å². The molecule has 2 aromatic heterocycles. The van der Waals surface area contributed by atoms with E-state index in [2.05, 4.69) is 34.4 Å². The number of ether oxygens (including phenoxy) is 1. The second kappa shape index (κ2) is 22.2. The number of carbonyl (C=O) groups is 3. The van der Waals surface area contributed by atoms with E-state index in [1.54, 1.807) is 0 Å². The molecule has 1 aliphatic rings. The number of phosphoric ester groups is 3. The number of aliphatic hydroxyl groups excluding tert-OH is 2. The average Bonchev–Trinajstić information content (AvgIpc) is 3.71. The number of aromatic nitrogens is 4. The van der Waals surface area contributed by atoms with E-state index in [1.165, 1.54) is 13.8 Å². The van der Waals surface area contributed by atoms with Crippen LogP contribution in [-0.4, -0.2) is 152 Å². The van der Waals surface area contributed by atoms with Crippen molar-refractivity contribution in [2.45, 2.75) is 63.8 Å². The molecule has 1 radical (unpaired) electrons. The normalized spacial score (nSPS) is 20.9. The second-order valence-corrected chi connectivity index (χ2v) is 18.7. The molecule has 10 N–H and O–H groups in total. The van der Waals surface area contributed by atoms with Crippen LogP contribution in [0.5, 0.6) is 0 Å². The number of phosphoric acid groups is 3. The molecule has 4 rings (SSSR count). The molecular formula is C30H44N7NaO17P3S. The quantitative estimate of drug-likeness (QED) is 0.0361. The monoisotopic (exact) mass is 922 g/mol. The summed E-state index contributed by atoms with van der Waals surface area (Å²) in [7, 11) is -16.4. The van der Waals surface area contributed by atoms with Crippen LogP contribution in [0.25, 0.3) is 11.2 Å². The molecule has 3 aromatic rings. The number of amides is 2. The second-order valence-electron chi connectivity index (χ2n) is 13.3. The van der Waals surface area contributed by atoms with Gasteiger partial charge in [-0.1, -0.05) is 55.9 Å². The van der Waals surface area contributed by atoms with Gasteiger partial charge >= 0.3 is 23.5 Å². The van der Waals surface area contributed by atoms with Crippen molar-refractivity contribution >= 4 is 98.7 Å². The van der Waals surface area contributed by atoms with E-state index in [4.69, 9.17) is 19.5 Å². The van der Waals surface area contributed by atoms with Crippen LogP contribution in [-0.2, 0) is 57.1 Å². The van der Waals surface area contributed by atoms with Crippen LogP contribution in [0.15, 0.2) is 43.0 Å². The Morgan fingerprint density at radius 2 is 1.68 bits per heavy atom. The van der Waals surface area contributed by atoms with Gasteiger partial charge in [0.1, 0.15) is 36.3 Å². The number of carbonyl (C=O) groups excluding carboxylic acids is 3. The number of fused-ring (bicyclic) bond motifs is 1. The van der Waals surface area contributed by atoms with Crippen molar-refractivity contribution in [2.24, 2.45) is 5.41 Å². The molecular weight excluding hydrogens is 878 g/mol. The first-order valence-electron chi connectivity index (χ1n) is 17.2.